The Morgan fingerprint density at radius 3 is 1.83 bits per heavy atom. The van der Waals surface area contributed by atoms with Crippen LogP contribution in [0.15, 0.2) is 54.6 Å². The fourth-order valence-corrected chi connectivity index (χ4v) is 5.71. The first-order valence-electron chi connectivity index (χ1n) is 7.91. The summed E-state index contributed by atoms with van der Waals surface area (Å²) in [4.78, 5) is 0. The van der Waals surface area contributed by atoms with Crippen molar-refractivity contribution in [1.82, 2.24) is 0 Å². The summed E-state index contributed by atoms with van der Waals surface area (Å²) in [5.74, 6) is -1.71. The number of hydrogen-bond acceptors (Lipinski definition) is 4. The molecule has 0 saturated carbocycles. The van der Waals surface area contributed by atoms with Crippen molar-refractivity contribution in [2.45, 2.75) is 4.75 Å². The second kappa shape index (κ2) is 7.87. The van der Waals surface area contributed by atoms with Gasteiger partial charge in [0.15, 0.2) is 16.2 Å². The highest BCUT2D eigenvalue weighted by Crippen LogP contribution is 2.56. The third-order valence-electron chi connectivity index (χ3n) is 4.42. The Morgan fingerprint density at radius 1 is 0.724 bits per heavy atom. The minimum atomic E-state index is -5.07. The van der Waals surface area contributed by atoms with Crippen molar-refractivity contribution in [2.75, 3.05) is 0 Å². The van der Waals surface area contributed by atoms with Crippen molar-refractivity contribution in [2.24, 2.45) is 0 Å². The van der Waals surface area contributed by atoms with Gasteiger partial charge in [0, 0.05) is 10.6 Å². The molecule has 3 aromatic rings. The van der Waals surface area contributed by atoms with Crippen LogP contribution in [-0.2, 0) is 14.9 Å². The van der Waals surface area contributed by atoms with Crippen molar-refractivity contribution in [3.05, 3.63) is 91.4 Å². The third-order valence-corrected chi connectivity index (χ3v) is 7.32. The van der Waals surface area contributed by atoms with Crippen LogP contribution in [0.25, 0.3) is 0 Å². The number of phenols is 2. The minimum absolute atomic E-state index is 0.0105. The summed E-state index contributed by atoms with van der Waals surface area (Å²) in [7, 11) is -5.07. The van der Waals surface area contributed by atoms with E-state index in [1.165, 1.54) is 36.4 Å². The fraction of sp³-hybridized carbons (Fsp3) is 0.0526. The monoisotopic (exact) mass is 492 g/mol. The highest BCUT2D eigenvalue weighted by molar-refractivity contribution is 7.87. The first kappa shape index (κ1) is 22.0. The quantitative estimate of drug-likeness (QED) is 0.182. The number of phenolic OH excluding ortho intramolecular Hbond substituents is 2. The summed E-state index contributed by atoms with van der Waals surface area (Å²) in [6.07, 6.45) is 0. The van der Waals surface area contributed by atoms with E-state index < -0.39 is 47.0 Å². The molecular weight excluding hydrogens is 482 g/mol. The lowest BCUT2D eigenvalue weighted by atomic mass is 9.83. The van der Waals surface area contributed by atoms with E-state index >= 15 is 0 Å². The molecule has 3 rings (SSSR count). The van der Waals surface area contributed by atoms with E-state index in [1.54, 1.807) is 18.2 Å². The van der Waals surface area contributed by atoms with E-state index in [0.29, 0.717) is 0 Å². The first-order valence-corrected chi connectivity index (χ1v) is 10.9. The molecule has 5 nitrogen and oxygen atoms in total. The molecule has 0 heterocycles. The molecule has 0 saturated heterocycles. The zero-order valence-electron chi connectivity index (χ0n) is 14.3. The van der Waals surface area contributed by atoms with Crippen LogP contribution in [0.2, 0.25) is 20.1 Å². The molecule has 0 radical (unpaired) electrons. The van der Waals surface area contributed by atoms with Gasteiger partial charge in [-0.3, -0.25) is 4.55 Å². The molecule has 152 valence electrons. The van der Waals surface area contributed by atoms with Crippen LogP contribution in [0.5, 0.6) is 11.5 Å². The van der Waals surface area contributed by atoms with Crippen LogP contribution in [0.4, 0.5) is 0 Å². The van der Waals surface area contributed by atoms with Crippen LogP contribution in [0.1, 0.15) is 16.7 Å². The van der Waals surface area contributed by atoms with Crippen molar-refractivity contribution >= 4 is 56.5 Å². The summed E-state index contributed by atoms with van der Waals surface area (Å²) < 4.78 is 34.1. The summed E-state index contributed by atoms with van der Waals surface area (Å²) >= 11 is 24.7. The molecule has 0 bridgehead atoms. The smallest absolute Gasteiger partial charge is 0.283 e. The molecule has 0 amide bonds. The summed E-state index contributed by atoms with van der Waals surface area (Å²) in [6, 6.07) is 13.3. The largest absolute Gasteiger partial charge is 0.503 e. The Morgan fingerprint density at radius 2 is 1.28 bits per heavy atom. The van der Waals surface area contributed by atoms with Crippen LogP contribution < -0.4 is 0 Å². The van der Waals surface area contributed by atoms with E-state index in [9.17, 15) is 23.2 Å². The summed E-state index contributed by atoms with van der Waals surface area (Å²) in [5, 5.41) is 18.8. The average molecular weight is 494 g/mol. The number of aromatic hydroxyl groups is 2. The maximum Gasteiger partial charge on any atom is 0.283 e. The van der Waals surface area contributed by atoms with Gasteiger partial charge in [0.1, 0.15) is 5.02 Å². The summed E-state index contributed by atoms with van der Waals surface area (Å²) in [5.41, 5.74) is -0.393. The lowest BCUT2D eigenvalue weighted by Gasteiger charge is -2.34. The van der Waals surface area contributed by atoms with E-state index in [2.05, 4.69) is 0 Å². The SMILES string of the molecule is O=S(=O)(O)C(c1ccccc1)(c1cccc(Cl)c1)c1c(Cl)c(O)c(O)c(Cl)c1Cl. The van der Waals surface area contributed by atoms with Crippen LogP contribution >= 0.6 is 46.4 Å². The predicted molar refractivity (Wildman–Crippen MR) is 114 cm³/mol. The molecule has 0 spiro atoms. The van der Waals surface area contributed by atoms with Gasteiger partial charge in [-0.2, -0.15) is 8.42 Å². The van der Waals surface area contributed by atoms with Gasteiger partial charge >= 0.3 is 0 Å². The molecule has 1 atom stereocenters. The van der Waals surface area contributed by atoms with Crippen molar-refractivity contribution in [1.29, 1.82) is 0 Å². The van der Waals surface area contributed by atoms with Gasteiger partial charge < -0.3 is 10.2 Å². The van der Waals surface area contributed by atoms with E-state index in [4.69, 9.17) is 46.4 Å². The number of rotatable bonds is 4. The third kappa shape index (κ3) is 3.44. The maximum absolute atomic E-state index is 13.0. The van der Waals surface area contributed by atoms with Crippen molar-refractivity contribution in [3.63, 3.8) is 0 Å². The standard InChI is InChI=1S/C19H12Cl4O5S/c20-12-8-4-7-11(9-12)19(29(26,27)28,10-5-2-1-3-6-10)13-14(21)16(23)18(25)17(24)15(13)22/h1-9,24-25H,(H,26,27,28). The maximum atomic E-state index is 13.0. The number of benzene rings is 3. The Hall–Kier alpha value is -1.67. The molecule has 0 aliphatic rings. The number of hydrogen-bond donors (Lipinski definition) is 3. The lowest BCUT2D eigenvalue weighted by Crippen LogP contribution is -2.39. The second-order valence-electron chi connectivity index (χ2n) is 6.05. The van der Waals surface area contributed by atoms with Crippen LogP contribution in [-0.4, -0.2) is 23.2 Å². The second-order valence-corrected chi connectivity index (χ2v) is 9.18. The Balaban J connectivity index is 2.66. The van der Waals surface area contributed by atoms with Gasteiger partial charge in [-0.05, 0) is 23.3 Å². The molecule has 0 fully saturated rings. The van der Waals surface area contributed by atoms with Gasteiger partial charge in [0.2, 0.25) is 0 Å². The average Bonchev–Trinajstić information content (AvgIpc) is 2.68. The van der Waals surface area contributed by atoms with Gasteiger partial charge in [-0.15, -0.1) is 0 Å². The highest BCUT2D eigenvalue weighted by Gasteiger charge is 2.52. The normalized spacial score (nSPS) is 13.8. The van der Waals surface area contributed by atoms with Gasteiger partial charge in [0.05, 0.1) is 10.0 Å². The van der Waals surface area contributed by atoms with E-state index in [1.807, 2.05) is 0 Å². The lowest BCUT2D eigenvalue weighted by molar-refractivity contribution is 0.402. The Labute approximate surface area is 186 Å². The molecule has 3 aromatic carbocycles. The molecule has 3 N–H and O–H groups in total. The van der Waals surface area contributed by atoms with Gasteiger partial charge in [-0.25, -0.2) is 0 Å². The predicted octanol–water partition coefficient (Wildman–Crippen LogP) is 5.89. The zero-order chi connectivity index (χ0) is 21.6. The van der Waals surface area contributed by atoms with Crippen molar-refractivity contribution < 1.29 is 23.2 Å². The minimum Gasteiger partial charge on any atom is -0.503 e. The topological polar surface area (TPSA) is 94.8 Å². The molecule has 0 aliphatic heterocycles. The van der Waals surface area contributed by atoms with Crippen molar-refractivity contribution in [3.8, 4) is 11.5 Å². The molecule has 0 aliphatic carbocycles. The Kier molecular flexibility index (Phi) is 5.98. The number of halogens is 4. The van der Waals surface area contributed by atoms with E-state index in [0.717, 1.165) is 0 Å². The van der Waals surface area contributed by atoms with Crippen LogP contribution in [0.3, 0.4) is 0 Å². The van der Waals surface area contributed by atoms with E-state index in [-0.39, 0.29) is 16.1 Å². The highest BCUT2D eigenvalue weighted by atomic mass is 35.5. The molecule has 29 heavy (non-hydrogen) atoms. The molecule has 1 unspecified atom stereocenters. The van der Waals surface area contributed by atoms with Crippen LogP contribution in [0, 0.1) is 0 Å². The molecule has 10 heteroatoms. The zero-order valence-corrected chi connectivity index (χ0v) is 18.1. The Bertz CT molecular complexity index is 1170. The molecular formula is C19H12Cl4O5S. The van der Waals surface area contributed by atoms with Gasteiger partial charge in [-0.1, -0.05) is 88.9 Å². The molecule has 0 aromatic heterocycles. The summed E-state index contributed by atoms with van der Waals surface area (Å²) in [6.45, 7) is 0. The first-order chi connectivity index (χ1) is 13.5. The van der Waals surface area contributed by atoms with Gasteiger partial charge in [0.25, 0.3) is 10.1 Å². The fourth-order valence-electron chi connectivity index (χ4n) is 3.21.